The zero-order valence-electron chi connectivity index (χ0n) is 12.1. The van der Waals surface area contributed by atoms with Gasteiger partial charge in [0.25, 0.3) is 0 Å². The largest absolute Gasteiger partial charge is 0.436 e. The van der Waals surface area contributed by atoms with Gasteiger partial charge in [0.2, 0.25) is 0 Å². The fourth-order valence-corrected chi connectivity index (χ4v) is 2.17. The van der Waals surface area contributed by atoms with E-state index in [0.717, 1.165) is 11.4 Å². The first-order valence-corrected chi connectivity index (χ1v) is 6.98. The molecule has 0 spiro atoms. The predicted octanol–water partition coefficient (Wildman–Crippen LogP) is 1.33. The summed E-state index contributed by atoms with van der Waals surface area (Å²) in [5.74, 6) is 0.595. The Bertz CT molecular complexity index is 789. The van der Waals surface area contributed by atoms with Gasteiger partial charge in [0.15, 0.2) is 12.2 Å². The molecule has 3 aromatic rings. The van der Waals surface area contributed by atoms with Gasteiger partial charge in [-0.05, 0) is 18.2 Å². The molecule has 8 heteroatoms. The summed E-state index contributed by atoms with van der Waals surface area (Å²) in [6.45, 7) is 0.298. The Morgan fingerprint density at radius 3 is 2.86 bits per heavy atom. The third kappa shape index (κ3) is 2.89. The van der Waals surface area contributed by atoms with Crippen molar-refractivity contribution in [3.8, 4) is 17.3 Å². The van der Waals surface area contributed by atoms with Crippen molar-refractivity contribution < 1.29 is 9.42 Å². The van der Waals surface area contributed by atoms with Crippen LogP contribution >= 0.6 is 11.6 Å². The molecule has 0 unspecified atom stereocenters. The summed E-state index contributed by atoms with van der Waals surface area (Å²) in [5.41, 5.74) is 2.29. The van der Waals surface area contributed by atoms with Crippen molar-refractivity contribution >= 4 is 11.6 Å². The topological polar surface area (TPSA) is 69.6 Å². The van der Waals surface area contributed by atoms with Crippen LogP contribution < -0.4 is 9.42 Å². The van der Waals surface area contributed by atoms with Crippen molar-refractivity contribution in [2.24, 2.45) is 14.1 Å². The smallest absolute Gasteiger partial charge is 0.393 e. The predicted molar refractivity (Wildman–Crippen MR) is 79.0 cm³/mol. The third-order valence-corrected chi connectivity index (χ3v) is 3.34. The highest BCUT2D eigenvalue weighted by Crippen LogP contribution is 2.19. The number of aryl methyl sites for hydroxylation is 2. The highest BCUT2D eigenvalue weighted by Gasteiger charge is 2.17. The summed E-state index contributed by atoms with van der Waals surface area (Å²) in [4.78, 5) is 4.30. The van der Waals surface area contributed by atoms with Gasteiger partial charge in [0.05, 0.1) is 11.8 Å². The summed E-state index contributed by atoms with van der Waals surface area (Å²) in [7, 11) is 3.58. The van der Waals surface area contributed by atoms with Crippen LogP contribution in [0.3, 0.4) is 0 Å². The lowest BCUT2D eigenvalue weighted by Crippen LogP contribution is -2.35. The Balaban J connectivity index is 1.85. The van der Waals surface area contributed by atoms with Crippen molar-refractivity contribution in [2.45, 2.75) is 6.61 Å². The van der Waals surface area contributed by atoms with Crippen LogP contribution in [0.15, 0.2) is 36.5 Å². The Hall–Kier alpha value is -2.54. The minimum Gasteiger partial charge on any atom is -0.436 e. The molecule has 0 aliphatic carbocycles. The molecular formula is C14H14ClN6O+. The molecule has 0 N–H and O–H groups in total. The van der Waals surface area contributed by atoms with Gasteiger partial charge >= 0.3 is 5.88 Å². The lowest BCUT2D eigenvalue weighted by Gasteiger charge is -2.05. The summed E-state index contributed by atoms with van der Waals surface area (Å²) in [6.07, 6.45) is 1.72. The van der Waals surface area contributed by atoms with E-state index in [1.165, 1.54) is 0 Å². The van der Waals surface area contributed by atoms with Crippen LogP contribution in [0, 0.1) is 0 Å². The molecule has 0 bridgehead atoms. The molecule has 0 saturated carbocycles. The Labute approximate surface area is 132 Å². The van der Waals surface area contributed by atoms with Crippen molar-refractivity contribution in [1.29, 1.82) is 0 Å². The molecule has 7 nitrogen and oxygen atoms in total. The number of hydrogen-bond acceptors (Lipinski definition) is 5. The van der Waals surface area contributed by atoms with Crippen LogP contribution in [0.25, 0.3) is 11.4 Å². The number of hydrogen-bond donors (Lipinski definition) is 0. The minimum atomic E-state index is 0.298. The molecule has 22 heavy (non-hydrogen) atoms. The van der Waals surface area contributed by atoms with Crippen LogP contribution in [0.1, 0.15) is 5.69 Å². The van der Waals surface area contributed by atoms with Crippen LogP contribution in [-0.2, 0) is 20.7 Å². The molecule has 0 amide bonds. The average molecular weight is 318 g/mol. The fourth-order valence-electron chi connectivity index (χ4n) is 2.00. The molecule has 0 aromatic carbocycles. The molecule has 0 aliphatic rings. The van der Waals surface area contributed by atoms with Gasteiger partial charge < -0.3 is 4.74 Å². The third-order valence-electron chi connectivity index (χ3n) is 3.14. The second-order valence-corrected chi connectivity index (χ2v) is 5.02. The highest BCUT2D eigenvalue weighted by atomic mass is 35.5. The van der Waals surface area contributed by atoms with Crippen molar-refractivity contribution in [3.63, 3.8) is 0 Å². The molecule has 0 fully saturated rings. The Kier molecular flexibility index (Phi) is 3.97. The van der Waals surface area contributed by atoms with Crippen LogP contribution in [-0.4, -0.2) is 25.1 Å². The molecule has 0 atom stereocenters. The first-order valence-electron chi connectivity index (χ1n) is 6.61. The normalized spacial score (nSPS) is 10.7. The number of ether oxygens (including phenoxy) is 1. The molecular weight excluding hydrogens is 304 g/mol. The van der Waals surface area contributed by atoms with E-state index in [2.05, 4.69) is 20.4 Å². The number of nitrogens with zero attached hydrogens (tertiary/aromatic N) is 6. The Morgan fingerprint density at radius 2 is 2.14 bits per heavy atom. The van der Waals surface area contributed by atoms with Gasteiger partial charge in [0.1, 0.15) is 18.0 Å². The van der Waals surface area contributed by atoms with E-state index in [9.17, 15) is 0 Å². The summed E-state index contributed by atoms with van der Waals surface area (Å²) in [6, 6.07) is 9.09. The molecule has 3 aromatic heterocycles. The number of rotatable bonds is 4. The van der Waals surface area contributed by atoms with E-state index in [-0.39, 0.29) is 0 Å². The van der Waals surface area contributed by atoms with Crippen LogP contribution in [0.5, 0.6) is 5.88 Å². The molecule has 0 aliphatic heterocycles. The zero-order chi connectivity index (χ0) is 15.5. The van der Waals surface area contributed by atoms with Crippen LogP contribution in [0.4, 0.5) is 0 Å². The van der Waals surface area contributed by atoms with Crippen molar-refractivity contribution in [2.75, 3.05) is 0 Å². The number of aromatic nitrogens is 6. The number of halogens is 1. The SMILES string of the molecule is Cn1nnc(-c2ccccn2)c1COc1ccc(Cl)n[n+]1C. The van der Waals surface area contributed by atoms with Gasteiger partial charge in [-0.1, -0.05) is 27.6 Å². The maximum absolute atomic E-state index is 5.83. The first kappa shape index (κ1) is 14.4. The molecule has 0 radical (unpaired) electrons. The summed E-state index contributed by atoms with van der Waals surface area (Å²) >= 11 is 5.83. The van der Waals surface area contributed by atoms with Gasteiger partial charge in [0, 0.05) is 18.3 Å². The lowest BCUT2D eigenvalue weighted by atomic mass is 10.2. The fraction of sp³-hybridized carbons (Fsp3) is 0.214. The molecule has 0 saturated heterocycles. The standard InChI is InChI=1S/C14H14ClN6O/c1-20-11(9-22-13-7-6-12(15)18-21(13)2)14(17-19-20)10-5-3-4-8-16-10/h3-8H,9H2,1-2H3/q+1. The van der Waals surface area contributed by atoms with E-state index < -0.39 is 0 Å². The monoisotopic (exact) mass is 317 g/mol. The van der Waals surface area contributed by atoms with Crippen molar-refractivity contribution in [1.82, 2.24) is 25.1 Å². The van der Waals surface area contributed by atoms with Gasteiger partial charge in [-0.25, -0.2) is 4.68 Å². The van der Waals surface area contributed by atoms with Crippen LogP contribution in [0.2, 0.25) is 5.15 Å². The molecule has 112 valence electrons. The van der Waals surface area contributed by atoms with Gasteiger partial charge in [-0.2, -0.15) is 0 Å². The number of pyridine rings is 1. The second kappa shape index (κ2) is 6.07. The van der Waals surface area contributed by atoms with Crippen molar-refractivity contribution in [3.05, 3.63) is 47.4 Å². The highest BCUT2D eigenvalue weighted by molar-refractivity contribution is 6.29. The average Bonchev–Trinajstić information content (AvgIpc) is 2.88. The van der Waals surface area contributed by atoms with E-state index in [1.54, 1.807) is 34.7 Å². The molecule has 3 heterocycles. The van der Waals surface area contributed by atoms with Gasteiger partial charge in [-0.15, -0.1) is 5.10 Å². The Morgan fingerprint density at radius 1 is 1.27 bits per heavy atom. The first-order chi connectivity index (χ1) is 10.6. The zero-order valence-corrected chi connectivity index (χ0v) is 12.9. The van der Waals surface area contributed by atoms with E-state index in [1.807, 2.05) is 25.2 Å². The molecule has 3 rings (SSSR count). The second-order valence-electron chi connectivity index (χ2n) is 4.63. The maximum Gasteiger partial charge on any atom is 0.393 e. The van der Waals surface area contributed by atoms with E-state index in [0.29, 0.717) is 23.3 Å². The van der Waals surface area contributed by atoms with Gasteiger partial charge in [-0.3, -0.25) is 4.98 Å². The summed E-state index contributed by atoms with van der Waals surface area (Å²) < 4.78 is 9.04. The van der Waals surface area contributed by atoms with E-state index >= 15 is 0 Å². The maximum atomic E-state index is 5.83. The quantitative estimate of drug-likeness (QED) is 0.679. The van der Waals surface area contributed by atoms with E-state index in [4.69, 9.17) is 16.3 Å². The lowest BCUT2D eigenvalue weighted by molar-refractivity contribution is -0.735. The summed E-state index contributed by atoms with van der Waals surface area (Å²) in [5, 5.41) is 12.7. The minimum absolute atomic E-state index is 0.298.